The Morgan fingerprint density at radius 1 is 1.24 bits per heavy atom. The Balaban J connectivity index is 1.77. The number of pyridine rings is 1. The summed E-state index contributed by atoms with van der Waals surface area (Å²) in [6.07, 6.45) is 4.01. The molecule has 10 heteroatoms. The smallest absolute Gasteiger partial charge is 0.264 e. The van der Waals surface area contributed by atoms with E-state index in [9.17, 15) is 8.42 Å². The van der Waals surface area contributed by atoms with Gasteiger partial charge in [0.2, 0.25) is 0 Å². The number of thiazole rings is 1. The van der Waals surface area contributed by atoms with E-state index in [0.717, 1.165) is 39.2 Å². The molecule has 0 spiro atoms. The van der Waals surface area contributed by atoms with E-state index in [1.165, 1.54) is 0 Å². The molecule has 0 fully saturated rings. The molecule has 0 aliphatic heterocycles. The molecule has 3 aromatic rings. The van der Waals surface area contributed by atoms with Gasteiger partial charge in [-0.15, -0.1) is 11.3 Å². The van der Waals surface area contributed by atoms with Crippen molar-refractivity contribution >= 4 is 27.1 Å². The number of hydrogen-bond acceptors (Lipinski definition) is 7. The SMILES string of the molecule is CS(=O)(=O)OCCC1Cc2c(-c3ccccc3N=[N+]=[N-])ccnc2-c2ncsc21. The van der Waals surface area contributed by atoms with E-state index in [-0.39, 0.29) is 12.5 Å². The van der Waals surface area contributed by atoms with E-state index >= 15 is 0 Å². The highest BCUT2D eigenvalue weighted by Crippen LogP contribution is 2.45. The Morgan fingerprint density at radius 2 is 2.07 bits per heavy atom. The van der Waals surface area contributed by atoms with Crippen molar-refractivity contribution < 1.29 is 12.6 Å². The molecule has 8 nitrogen and oxygen atoms in total. The average Bonchev–Trinajstić information content (AvgIpc) is 3.18. The number of benzene rings is 1. The van der Waals surface area contributed by atoms with Crippen LogP contribution in [0, 0.1) is 0 Å². The Bertz CT molecular complexity index is 1220. The fourth-order valence-corrected chi connectivity index (χ4v) is 4.95. The van der Waals surface area contributed by atoms with Crippen LogP contribution in [0.4, 0.5) is 5.69 Å². The van der Waals surface area contributed by atoms with Crippen LogP contribution >= 0.6 is 11.3 Å². The minimum absolute atomic E-state index is 0.0707. The van der Waals surface area contributed by atoms with Gasteiger partial charge in [0.1, 0.15) is 5.69 Å². The third-order valence-corrected chi connectivity index (χ3v) is 6.39. The molecule has 0 radical (unpaired) electrons. The van der Waals surface area contributed by atoms with Gasteiger partial charge < -0.3 is 0 Å². The van der Waals surface area contributed by atoms with Crippen LogP contribution < -0.4 is 0 Å². The van der Waals surface area contributed by atoms with Gasteiger partial charge in [-0.2, -0.15) is 8.42 Å². The molecule has 1 aromatic carbocycles. The van der Waals surface area contributed by atoms with Gasteiger partial charge in [0.25, 0.3) is 10.1 Å². The van der Waals surface area contributed by atoms with Crippen molar-refractivity contribution in [3.63, 3.8) is 0 Å². The van der Waals surface area contributed by atoms with Gasteiger partial charge in [0.15, 0.2) is 0 Å². The van der Waals surface area contributed by atoms with Crippen molar-refractivity contribution in [1.29, 1.82) is 0 Å². The van der Waals surface area contributed by atoms with E-state index in [4.69, 9.17) is 9.71 Å². The molecule has 0 amide bonds. The van der Waals surface area contributed by atoms with E-state index in [1.54, 1.807) is 29.1 Å². The van der Waals surface area contributed by atoms with Gasteiger partial charge in [0, 0.05) is 27.6 Å². The van der Waals surface area contributed by atoms with Gasteiger partial charge >= 0.3 is 0 Å². The zero-order chi connectivity index (χ0) is 20.4. The molecule has 148 valence electrons. The maximum atomic E-state index is 11.3. The highest BCUT2D eigenvalue weighted by molar-refractivity contribution is 7.85. The molecule has 1 unspecified atom stereocenters. The second kappa shape index (κ2) is 7.92. The summed E-state index contributed by atoms with van der Waals surface area (Å²) in [5.41, 5.74) is 15.7. The van der Waals surface area contributed by atoms with E-state index in [1.807, 2.05) is 24.3 Å². The van der Waals surface area contributed by atoms with Gasteiger partial charge in [-0.1, -0.05) is 29.4 Å². The highest BCUT2D eigenvalue weighted by Gasteiger charge is 2.30. The molecular formula is C19H17N5O3S2. The number of azide groups is 1. The first-order chi connectivity index (χ1) is 14.0. The van der Waals surface area contributed by atoms with Crippen LogP contribution in [0.2, 0.25) is 0 Å². The summed E-state index contributed by atoms with van der Waals surface area (Å²) in [6, 6.07) is 9.32. The van der Waals surface area contributed by atoms with Gasteiger partial charge in [-0.25, -0.2) is 4.98 Å². The topological polar surface area (TPSA) is 118 Å². The minimum atomic E-state index is -3.48. The summed E-state index contributed by atoms with van der Waals surface area (Å²) in [5, 5.41) is 3.82. The van der Waals surface area contributed by atoms with Crippen molar-refractivity contribution in [2.45, 2.75) is 18.8 Å². The van der Waals surface area contributed by atoms with Gasteiger partial charge in [0.05, 0.1) is 24.1 Å². The molecule has 29 heavy (non-hydrogen) atoms. The molecule has 2 aromatic heterocycles. The molecule has 1 aliphatic rings. The third kappa shape index (κ3) is 4.01. The van der Waals surface area contributed by atoms with E-state index in [2.05, 4.69) is 20.0 Å². The lowest BCUT2D eigenvalue weighted by Gasteiger charge is -2.25. The zero-order valence-electron chi connectivity index (χ0n) is 15.5. The fourth-order valence-electron chi connectivity index (χ4n) is 3.63. The van der Waals surface area contributed by atoms with Crippen molar-refractivity contribution in [3.8, 4) is 22.5 Å². The maximum absolute atomic E-state index is 11.3. The maximum Gasteiger partial charge on any atom is 0.264 e. The van der Waals surface area contributed by atoms with Gasteiger partial charge in [-0.3, -0.25) is 9.17 Å². The number of fused-ring (bicyclic) bond motifs is 3. The lowest BCUT2D eigenvalue weighted by molar-refractivity contribution is 0.303. The minimum Gasteiger partial charge on any atom is -0.270 e. The first kappa shape index (κ1) is 19.5. The average molecular weight is 428 g/mol. The molecule has 1 atom stereocenters. The molecule has 4 rings (SSSR count). The van der Waals surface area contributed by atoms with Gasteiger partial charge in [-0.05, 0) is 41.1 Å². The van der Waals surface area contributed by atoms with Crippen molar-refractivity contribution in [2.75, 3.05) is 12.9 Å². The van der Waals surface area contributed by atoms with Crippen LogP contribution in [0.3, 0.4) is 0 Å². The van der Waals surface area contributed by atoms with Crippen molar-refractivity contribution in [2.24, 2.45) is 5.11 Å². The summed E-state index contributed by atoms with van der Waals surface area (Å²) in [6.45, 7) is 0.112. The Labute approximate surface area is 172 Å². The quantitative estimate of drug-likeness (QED) is 0.242. The molecule has 0 saturated carbocycles. The Hall–Kier alpha value is -2.78. The van der Waals surface area contributed by atoms with Crippen LogP contribution in [0.15, 0.2) is 47.2 Å². The summed E-state index contributed by atoms with van der Waals surface area (Å²) in [4.78, 5) is 13.1. The second-order valence-electron chi connectivity index (χ2n) is 6.67. The first-order valence-corrected chi connectivity index (χ1v) is 11.6. The number of aromatic nitrogens is 2. The standard InChI is InChI=1S/C19H17N5O3S2/c1-29(25,26)27-9-7-12-10-15-13(14-4-2-3-5-16(14)23-24-20)6-8-21-17(15)18-19(12)28-11-22-18/h2-6,8,11-12H,7,9-10H2,1H3. The highest BCUT2D eigenvalue weighted by atomic mass is 32.2. The zero-order valence-corrected chi connectivity index (χ0v) is 17.2. The Kier molecular flexibility index (Phi) is 5.33. The molecule has 2 heterocycles. The van der Waals surface area contributed by atoms with Crippen LogP contribution in [-0.4, -0.2) is 31.2 Å². The van der Waals surface area contributed by atoms with E-state index < -0.39 is 10.1 Å². The van der Waals surface area contributed by atoms with Crippen molar-refractivity contribution in [1.82, 2.24) is 9.97 Å². The molecule has 0 saturated heterocycles. The molecule has 0 N–H and O–H groups in total. The number of rotatable bonds is 6. The van der Waals surface area contributed by atoms with Crippen LogP contribution in [0.5, 0.6) is 0 Å². The molecule has 0 bridgehead atoms. The van der Waals surface area contributed by atoms with E-state index in [0.29, 0.717) is 18.5 Å². The summed E-state index contributed by atoms with van der Waals surface area (Å²) >= 11 is 1.55. The number of hydrogen-bond donors (Lipinski definition) is 0. The predicted octanol–water partition coefficient (Wildman–Crippen LogP) is 4.82. The summed E-state index contributed by atoms with van der Waals surface area (Å²) in [7, 11) is -3.48. The molecule has 1 aliphatic carbocycles. The summed E-state index contributed by atoms with van der Waals surface area (Å²) in [5.74, 6) is 0.0707. The van der Waals surface area contributed by atoms with Crippen molar-refractivity contribution in [3.05, 3.63) is 62.9 Å². The summed E-state index contributed by atoms with van der Waals surface area (Å²) < 4.78 is 27.6. The normalized spacial score (nSPS) is 15.3. The van der Waals surface area contributed by atoms with Crippen LogP contribution in [-0.2, 0) is 20.7 Å². The van der Waals surface area contributed by atoms with Crippen LogP contribution in [0.1, 0.15) is 22.8 Å². The third-order valence-electron chi connectivity index (χ3n) is 4.81. The van der Waals surface area contributed by atoms with Crippen LogP contribution in [0.25, 0.3) is 33.0 Å². The second-order valence-corrected chi connectivity index (χ2v) is 9.20. The predicted molar refractivity (Wildman–Crippen MR) is 111 cm³/mol. The first-order valence-electron chi connectivity index (χ1n) is 8.88. The lowest BCUT2D eigenvalue weighted by atomic mass is 9.83. The fraction of sp³-hybridized carbons (Fsp3) is 0.263. The monoisotopic (exact) mass is 427 g/mol. The number of nitrogens with zero attached hydrogens (tertiary/aromatic N) is 5. The lowest BCUT2D eigenvalue weighted by Crippen LogP contribution is -2.15. The largest absolute Gasteiger partial charge is 0.270 e. The molecular weight excluding hydrogens is 410 g/mol. The Morgan fingerprint density at radius 3 is 2.86 bits per heavy atom.